The van der Waals surface area contributed by atoms with Crippen molar-refractivity contribution < 1.29 is 9.47 Å². The smallest absolute Gasteiger partial charge is 0.171 e. The molecule has 2 rings (SSSR count). The van der Waals surface area contributed by atoms with E-state index in [1.165, 1.54) is 0 Å². The molecular formula is C13H18N4O2. The van der Waals surface area contributed by atoms with E-state index >= 15 is 0 Å². The van der Waals surface area contributed by atoms with E-state index in [-0.39, 0.29) is 0 Å². The number of nitrogens with zero attached hydrogens (tertiary/aromatic N) is 2. The zero-order valence-corrected chi connectivity index (χ0v) is 11.3. The number of H-pyrrole nitrogens is 1. The van der Waals surface area contributed by atoms with Crippen LogP contribution in [-0.2, 0) is 0 Å². The number of hydrogen-bond acceptors (Lipinski definition) is 5. The molecule has 19 heavy (non-hydrogen) atoms. The average Bonchev–Trinajstić information content (AvgIpc) is 2.85. The molecule has 0 fully saturated rings. The Bertz CT molecular complexity index is 553. The molecule has 1 aromatic carbocycles. The second kappa shape index (κ2) is 5.71. The Labute approximate surface area is 111 Å². The first-order chi connectivity index (χ1) is 9.15. The molecule has 2 aromatic rings. The van der Waals surface area contributed by atoms with Gasteiger partial charge in [-0.25, -0.2) is 4.98 Å². The van der Waals surface area contributed by atoms with E-state index in [0.717, 1.165) is 11.4 Å². The van der Waals surface area contributed by atoms with Crippen LogP contribution in [0.3, 0.4) is 0 Å². The third-order valence-electron chi connectivity index (χ3n) is 2.74. The number of benzene rings is 1. The lowest BCUT2D eigenvalue weighted by Gasteiger charge is -2.13. The maximum atomic E-state index is 6.14. The van der Waals surface area contributed by atoms with E-state index in [1.807, 2.05) is 32.0 Å². The zero-order chi connectivity index (χ0) is 13.8. The lowest BCUT2D eigenvalue weighted by molar-refractivity contribution is 0.310. The van der Waals surface area contributed by atoms with E-state index in [4.69, 9.17) is 15.2 Å². The van der Waals surface area contributed by atoms with Crippen LogP contribution >= 0.6 is 0 Å². The van der Waals surface area contributed by atoms with Gasteiger partial charge in [0, 0.05) is 0 Å². The summed E-state index contributed by atoms with van der Waals surface area (Å²) in [5, 5.41) is 6.86. The van der Waals surface area contributed by atoms with Crippen LogP contribution in [0, 0.1) is 6.92 Å². The molecule has 1 heterocycles. The third kappa shape index (κ3) is 2.85. The third-order valence-corrected chi connectivity index (χ3v) is 2.74. The van der Waals surface area contributed by atoms with Crippen molar-refractivity contribution >= 4 is 0 Å². The first kappa shape index (κ1) is 13.4. The molecule has 102 valence electrons. The Kier molecular flexibility index (Phi) is 4.01. The molecule has 0 radical (unpaired) electrons. The van der Waals surface area contributed by atoms with Crippen molar-refractivity contribution in [1.29, 1.82) is 0 Å². The van der Waals surface area contributed by atoms with E-state index in [1.54, 1.807) is 7.11 Å². The summed E-state index contributed by atoms with van der Waals surface area (Å²) >= 11 is 0. The SMILES string of the molecule is CCOc1ccc([C@H](N)c2n[nH]c(C)n2)cc1OC. The van der Waals surface area contributed by atoms with Gasteiger partial charge in [-0.3, -0.25) is 5.10 Å². The minimum atomic E-state index is -0.394. The molecule has 0 amide bonds. The van der Waals surface area contributed by atoms with Crippen LogP contribution in [0.1, 0.15) is 30.2 Å². The van der Waals surface area contributed by atoms with Gasteiger partial charge in [0.15, 0.2) is 17.3 Å². The summed E-state index contributed by atoms with van der Waals surface area (Å²) in [4.78, 5) is 4.24. The summed E-state index contributed by atoms with van der Waals surface area (Å²) in [6.07, 6.45) is 0. The van der Waals surface area contributed by atoms with Gasteiger partial charge in [-0.05, 0) is 31.5 Å². The van der Waals surface area contributed by atoms with Gasteiger partial charge in [-0.1, -0.05) is 6.07 Å². The standard InChI is InChI=1S/C13H18N4O2/c1-4-19-10-6-5-9(7-11(10)18-3)12(14)13-15-8(2)16-17-13/h5-7,12H,4,14H2,1-3H3,(H,15,16,17)/t12-/m0/s1. The molecule has 0 aliphatic carbocycles. The number of rotatable bonds is 5. The van der Waals surface area contributed by atoms with Gasteiger partial charge in [0.1, 0.15) is 5.82 Å². The molecule has 0 aliphatic rings. The number of ether oxygens (including phenoxy) is 2. The van der Waals surface area contributed by atoms with Crippen LogP contribution < -0.4 is 15.2 Å². The van der Waals surface area contributed by atoms with Crippen LogP contribution in [0.2, 0.25) is 0 Å². The monoisotopic (exact) mass is 262 g/mol. The number of aryl methyl sites for hydroxylation is 1. The van der Waals surface area contributed by atoms with Gasteiger partial charge in [0.05, 0.1) is 19.8 Å². The normalized spacial score (nSPS) is 12.2. The molecule has 0 saturated heterocycles. The fraction of sp³-hybridized carbons (Fsp3) is 0.385. The summed E-state index contributed by atoms with van der Waals surface area (Å²) in [7, 11) is 1.60. The van der Waals surface area contributed by atoms with E-state index in [0.29, 0.717) is 23.9 Å². The Morgan fingerprint density at radius 3 is 2.74 bits per heavy atom. The summed E-state index contributed by atoms with van der Waals surface area (Å²) < 4.78 is 10.8. The zero-order valence-electron chi connectivity index (χ0n) is 11.3. The Morgan fingerprint density at radius 2 is 2.16 bits per heavy atom. The Balaban J connectivity index is 2.30. The van der Waals surface area contributed by atoms with Gasteiger partial charge in [-0.15, -0.1) is 0 Å². The number of aromatic nitrogens is 3. The minimum Gasteiger partial charge on any atom is -0.493 e. The average molecular weight is 262 g/mol. The fourth-order valence-corrected chi connectivity index (χ4v) is 1.80. The van der Waals surface area contributed by atoms with Crippen molar-refractivity contribution in [2.45, 2.75) is 19.9 Å². The van der Waals surface area contributed by atoms with Gasteiger partial charge < -0.3 is 15.2 Å². The van der Waals surface area contributed by atoms with Crippen molar-refractivity contribution in [1.82, 2.24) is 15.2 Å². The van der Waals surface area contributed by atoms with Crippen LogP contribution in [-0.4, -0.2) is 28.9 Å². The number of nitrogens with two attached hydrogens (primary N) is 1. The number of methoxy groups -OCH3 is 1. The Morgan fingerprint density at radius 1 is 1.37 bits per heavy atom. The predicted octanol–water partition coefficient (Wildman–Crippen LogP) is 1.57. The lowest BCUT2D eigenvalue weighted by atomic mass is 10.1. The van der Waals surface area contributed by atoms with Crippen LogP contribution in [0.5, 0.6) is 11.5 Å². The van der Waals surface area contributed by atoms with E-state index in [9.17, 15) is 0 Å². The van der Waals surface area contributed by atoms with Crippen molar-refractivity contribution in [3.8, 4) is 11.5 Å². The minimum absolute atomic E-state index is 0.394. The largest absolute Gasteiger partial charge is 0.493 e. The number of nitrogens with one attached hydrogen (secondary N) is 1. The highest BCUT2D eigenvalue weighted by atomic mass is 16.5. The highest BCUT2D eigenvalue weighted by Crippen LogP contribution is 2.30. The molecule has 0 aliphatic heterocycles. The molecule has 0 spiro atoms. The van der Waals surface area contributed by atoms with Crippen LogP contribution in [0.4, 0.5) is 0 Å². The highest BCUT2D eigenvalue weighted by molar-refractivity contribution is 5.44. The van der Waals surface area contributed by atoms with Crippen LogP contribution in [0.25, 0.3) is 0 Å². The van der Waals surface area contributed by atoms with Gasteiger partial charge in [0.25, 0.3) is 0 Å². The van der Waals surface area contributed by atoms with Crippen molar-refractivity contribution in [2.24, 2.45) is 5.73 Å². The van der Waals surface area contributed by atoms with Gasteiger partial charge in [-0.2, -0.15) is 5.10 Å². The van der Waals surface area contributed by atoms with Gasteiger partial charge >= 0.3 is 0 Å². The molecule has 6 nitrogen and oxygen atoms in total. The van der Waals surface area contributed by atoms with Crippen molar-refractivity contribution in [3.05, 3.63) is 35.4 Å². The summed E-state index contributed by atoms with van der Waals surface area (Å²) in [6, 6.07) is 5.19. The van der Waals surface area contributed by atoms with Crippen molar-refractivity contribution in [3.63, 3.8) is 0 Å². The molecule has 0 bridgehead atoms. The summed E-state index contributed by atoms with van der Waals surface area (Å²) in [5.41, 5.74) is 7.01. The van der Waals surface area contributed by atoms with Crippen molar-refractivity contribution in [2.75, 3.05) is 13.7 Å². The maximum Gasteiger partial charge on any atom is 0.171 e. The summed E-state index contributed by atoms with van der Waals surface area (Å²) in [5.74, 6) is 2.65. The van der Waals surface area contributed by atoms with E-state index < -0.39 is 6.04 Å². The summed E-state index contributed by atoms with van der Waals surface area (Å²) in [6.45, 7) is 4.35. The predicted molar refractivity (Wildman–Crippen MR) is 71.3 cm³/mol. The lowest BCUT2D eigenvalue weighted by Crippen LogP contribution is -2.14. The second-order valence-corrected chi connectivity index (χ2v) is 4.10. The molecule has 1 aromatic heterocycles. The highest BCUT2D eigenvalue weighted by Gasteiger charge is 2.16. The molecule has 1 atom stereocenters. The second-order valence-electron chi connectivity index (χ2n) is 4.10. The fourth-order valence-electron chi connectivity index (χ4n) is 1.80. The topological polar surface area (TPSA) is 86.0 Å². The maximum absolute atomic E-state index is 6.14. The first-order valence-corrected chi connectivity index (χ1v) is 6.11. The molecule has 0 unspecified atom stereocenters. The first-order valence-electron chi connectivity index (χ1n) is 6.11. The Hall–Kier alpha value is -2.08. The molecule has 3 N–H and O–H groups in total. The molecule has 6 heteroatoms. The molecule has 0 saturated carbocycles. The van der Waals surface area contributed by atoms with Crippen LogP contribution in [0.15, 0.2) is 18.2 Å². The van der Waals surface area contributed by atoms with E-state index in [2.05, 4.69) is 15.2 Å². The quantitative estimate of drug-likeness (QED) is 0.854. The number of aromatic amines is 1. The van der Waals surface area contributed by atoms with Gasteiger partial charge in [0.2, 0.25) is 0 Å². The number of hydrogen-bond donors (Lipinski definition) is 2. The molecular weight excluding hydrogens is 244 g/mol.